The first kappa shape index (κ1) is 16.7. The van der Waals surface area contributed by atoms with Crippen LogP contribution >= 0.6 is 0 Å². The Kier molecular flexibility index (Phi) is 5.08. The predicted octanol–water partition coefficient (Wildman–Crippen LogP) is 1.55. The van der Waals surface area contributed by atoms with E-state index in [0.29, 0.717) is 23.8 Å². The second kappa shape index (κ2) is 7.61. The zero-order chi connectivity index (χ0) is 17.6. The third-order valence-electron chi connectivity index (χ3n) is 3.69. The van der Waals surface area contributed by atoms with Crippen LogP contribution in [0.3, 0.4) is 0 Å². The molecular weight excluding hydrogens is 322 g/mol. The maximum absolute atomic E-state index is 12.2. The summed E-state index contributed by atoms with van der Waals surface area (Å²) in [6, 6.07) is 7.38. The molecule has 0 unspecified atom stereocenters. The van der Waals surface area contributed by atoms with Crippen LogP contribution in [0.25, 0.3) is 10.9 Å². The smallest absolute Gasteiger partial charge is 0.272 e. The Morgan fingerprint density at radius 3 is 2.88 bits per heavy atom. The highest BCUT2D eigenvalue weighted by molar-refractivity contribution is 6.04. The average molecular weight is 341 g/mol. The van der Waals surface area contributed by atoms with E-state index in [1.54, 1.807) is 6.20 Å². The van der Waals surface area contributed by atoms with Gasteiger partial charge in [-0.2, -0.15) is 5.10 Å². The third-order valence-corrected chi connectivity index (χ3v) is 3.69. The summed E-state index contributed by atoms with van der Waals surface area (Å²) < 4.78 is 5.41. The SMILES string of the molecule is CCc1ncc(CNC(=O)CCNC(=O)c2n[nH]c3ccccc23)o1. The molecule has 8 heteroatoms. The highest BCUT2D eigenvalue weighted by Crippen LogP contribution is 2.14. The zero-order valence-corrected chi connectivity index (χ0v) is 13.8. The highest BCUT2D eigenvalue weighted by Gasteiger charge is 2.13. The number of carbonyl (C=O) groups is 2. The maximum Gasteiger partial charge on any atom is 0.272 e. The molecule has 130 valence electrons. The van der Waals surface area contributed by atoms with Gasteiger partial charge in [0.05, 0.1) is 18.3 Å². The Balaban J connectivity index is 1.44. The Hall–Kier alpha value is -3.16. The number of nitrogens with zero attached hydrogens (tertiary/aromatic N) is 2. The van der Waals surface area contributed by atoms with E-state index in [-0.39, 0.29) is 31.3 Å². The second-order valence-electron chi connectivity index (χ2n) is 5.47. The van der Waals surface area contributed by atoms with Gasteiger partial charge in [-0.3, -0.25) is 14.7 Å². The molecule has 0 saturated heterocycles. The lowest BCUT2D eigenvalue weighted by atomic mass is 10.2. The summed E-state index contributed by atoms with van der Waals surface area (Å²) in [6.45, 7) is 2.45. The van der Waals surface area contributed by atoms with Crippen LogP contribution in [-0.2, 0) is 17.8 Å². The molecule has 0 bridgehead atoms. The van der Waals surface area contributed by atoms with E-state index in [1.807, 2.05) is 31.2 Å². The van der Waals surface area contributed by atoms with E-state index in [2.05, 4.69) is 25.8 Å². The molecule has 0 atom stereocenters. The van der Waals surface area contributed by atoms with Crippen molar-refractivity contribution in [2.45, 2.75) is 26.3 Å². The Labute approximate surface area is 144 Å². The molecule has 3 aromatic rings. The molecule has 0 spiro atoms. The summed E-state index contributed by atoms with van der Waals surface area (Å²) in [7, 11) is 0. The number of aryl methyl sites for hydroxylation is 1. The molecular formula is C17H19N5O3. The summed E-state index contributed by atoms with van der Waals surface area (Å²) in [5, 5.41) is 13.0. The molecule has 0 saturated carbocycles. The van der Waals surface area contributed by atoms with Crippen LogP contribution in [0.1, 0.15) is 35.5 Å². The van der Waals surface area contributed by atoms with Crippen molar-refractivity contribution in [1.82, 2.24) is 25.8 Å². The number of H-pyrrole nitrogens is 1. The molecule has 3 N–H and O–H groups in total. The van der Waals surface area contributed by atoms with Crippen LogP contribution in [0.15, 0.2) is 34.9 Å². The number of nitrogens with one attached hydrogen (secondary N) is 3. The van der Waals surface area contributed by atoms with Crippen LogP contribution in [-0.4, -0.2) is 33.5 Å². The van der Waals surface area contributed by atoms with Crippen molar-refractivity contribution in [2.24, 2.45) is 0 Å². The third kappa shape index (κ3) is 4.03. The van der Waals surface area contributed by atoms with Gasteiger partial charge in [0.25, 0.3) is 5.91 Å². The molecule has 0 radical (unpaired) electrons. The number of hydrogen-bond donors (Lipinski definition) is 3. The predicted molar refractivity (Wildman–Crippen MR) is 90.8 cm³/mol. The quantitative estimate of drug-likeness (QED) is 0.603. The number of hydrogen-bond acceptors (Lipinski definition) is 5. The van der Waals surface area contributed by atoms with Crippen molar-refractivity contribution < 1.29 is 14.0 Å². The summed E-state index contributed by atoms with van der Waals surface area (Å²) in [4.78, 5) is 28.1. The van der Waals surface area contributed by atoms with Gasteiger partial charge >= 0.3 is 0 Å². The lowest BCUT2D eigenvalue weighted by molar-refractivity contribution is -0.121. The average Bonchev–Trinajstić information content (AvgIpc) is 3.26. The van der Waals surface area contributed by atoms with E-state index in [1.165, 1.54) is 0 Å². The molecule has 3 rings (SSSR count). The molecule has 1 aromatic carbocycles. The monoisotopic (exact) mass is 341 g/mol. The summed E-state index contributed by atoms with van der Waals surface area (Å²) >= 11 is 0. The van der Waals surface area contributed by atoms with Crippen molar-refractivity contribution in [1.29, 1.82) is 0 Å². The zero-order valence-electron chi connectivity index (χ0n) is 13.8. The summed E-state index contributed by atoms with van der Waals surface area (Å²) in [5.41, 5.74) is 1.12. The number of benzene rings is 1. The number of oxazole rings is 1. The van der Waals surface area contributed by atoms with Crippen molar-refractivity contribution in [3.05, 3.63) is 47.8 Å². The van der Waals surface area contributed by atoms with E-state index >= 15 is 0 Å². The molecule has 0 aliphatic carbocycles. The molecule has 0 fully saturated rings. The van der Waals surface area contributed by atoms with E-state index < -0.39 is 0 Å². The first-order chi connectivity index (χ1) is 12.2. The van der Waals surface area contributed by atoms with E-state index in [9.17, 15) is 9.59 Å². The van der Waals surface area contributed by atoms with Gasteiger partial charge in [0.1, 0.15) is 5.76 Å². The van der Waals surface area contributed by atoms with Gasteiger partial charge in [-0.05, 0) is 6.07 Å². The van der Waals surface area contributed by atoms with Gasteiger partial charge in [-0.15, -0.1) is 0 Å². The minimum atomic E-state index is -0.312. The van der Waals surface area contributed by atoms with Gasteiger partial charge in [-0.1, -0.05) is 25.1 Å². The highest BCUT2D eigenvalue weighted by atomic mass is 16.4. The van der Waals surface area contributed by atoms with Crippen LogP contribution in [0, 0.1) is 0 Å². The summed E-state index contributed by atoms with van der Waals surface area (Å²) in [6.07, 6.45) is 2.48. The van der Waals surface area contributed by atoms with Gasteiger partial charge in [-0.25, -0.2) is 4.98 Å². The van der Waals surface area contributed by atoms with Gasteiger partial charge in [0.2, 0.25) is 5.91 Å². The number of amides is 2. The number of para-hydroxylation sites is 1. The Bertz CT molecular complexity index is 883. The van der Waals surface area contributed by atoms with E-state index in [0.717, 1.165) is 10.9 Å². The molecule has 25 heavy (non-hydrogen) atoms. The molecule has 8 nitrogen and oxygen atoms in total. The normalized spacial score (nSPS) is 10.8. The fraction of sp³-hybridized carbons (Fsp3) is 0.294. The van der Waals surface area contributed by atoms with Crippen molar-refractivity contribution in [3.8, 4) is 0 Å². The molecule has 2 aromatic heterocycles. The minimum Gasteiger partial charge on any atom is -0.444 e. The number of carbonyl (C=O) groups excluding carboxylic acids is 2. The topological polar surface area (TPSA) is 113 Å². The van der Waals surface area contributed by atoms with Crippen LogP contribution in [0.4, 0.5) is 0 Å². The number of rotatable bonds is 7. The molecule has 2 amide bonds. The first-order valence-corrected chi connectivity index (χ1v) is 8.09. The largest absolute Gasteiger partial charge is 0.444 e. The van der Waals surface area contributed by atoms with Crippen LogP contribution in [0.5, 0.6) is 0 Å². The number of fused-ring (bicyclic) bond motifs is 1. The van der Waals surface area contributed by atoms with Crippen molar-refractivity contribution >= 4 is 22.7 Å². The lowest BCUT2D eigenvalue weighted by Gasteiger charge is -2.04. The fourth-order valence-corrected chi connectivity index (χ4v) is 2.38. The molecule has 2 heterocycles. The van der Waals surface area contributed by atoms with Gasteiger partial charge in [0, 0.05) is 24.8 Å². The lowest BCUT2D eigenvalue weighted by Crippen LogP contribution is -2.30. The number of aromatic amines is 1. The maximum atomic E-state index is 12.2. The Morgan fingerprint density at radius 2 is 2.08 bits per heavy atom. The summed E-state index contributed by atoms with van der Waals surface area (Å²) in [5.74, 6) is 0.759. The van der Waals surface area contributed by atoms with Crippen molar-refractivity contribution in [2.75, 3.05) is 6.54 Å². The van der Waals surface area contributed by atoms with Crippen LogP contribution < -0.4 is 10.6 Å². The van der Waals surface area contributed by atoms with E-state index in [4.69, 9.17) is 4.42 Å². The Morgan fingerprint density at radius 1 is 1.24 bits per heavy atom. The van der Waals surface area contributed by atoms with Crippen LogP contribution in [0.2, 0.25) is 0 Å². The number of aromatic nitrogens is 3. The fourth-order valence-electron chi connectivity index (χ4n) is 2.38. The first-order valence-electron chi connectivity index (χ1n) is 8.09. The van der Waals surface area contributed by atoms with Gasteiger partial charge < -0.3 is 15.1 Å². The van der Waals surface area contributed by atoms with Gasteiger partial charge in [0.15, 0.2) is 11.6 Å². The van der Waals surface area contributed by atoms with Crippen molar-refractivity contribution in [3.63, 3.8) is 0 Å². The minimum absolute atomic E-state index is 0.170. The molecule has 0 aliphatic heterocycles. The molecule has 0 aliphatic rings. The second-order valence-corrected chi connectivity index (χ2v) is 5.47. The standard InChI is InChI=1S/C17H19N5O3/c1-2-15-20-10-11(25-15)9-19-14(23)7-8-18-17(24)16-12-5-3-4-6-13(12)21-22-16/h3-6,10H,2,7-9H2,1H3,(H,18,24)(H,19,23)(H,21,22).